The second-order valence-corrected chi connectivity index (χ2v) is 6.59. The number of aliphatic imine (C=N–C) groups is 1. The Hall–Kier alpha value is -1.66. The van der Waals surface area contributed by atoms with Gasteiger partial charge in [0, 0.05) is 25.7 Å². The lowest BCUT2D eigenvalue weighted by atomic mass is 10.1. The Bertz CT molecular complexity index is 573. The molecule has 0 saturated carbocycles. The molecular weight excluding hydrogens is 319 g/mol. The van der Waals surface area contributed by atoms with Gasteiger partial charge in [-0.3, -0.25) is 9.89 Å². The van der Waals surface area contributed by atoms with Crippen LogP contribution in [-0.2, 0) is 4.74 Å². The van der Waals surface area contributed by atoms with Crippen molar-refractivity contribution in [2.24, 2.45) is 4.99 Å². The third-order valence-corrected chi connectivity index (χ3v) is 4.58. The predicted octanol–water partition coefficient (Wildman–Crippen LogP) is 2.47. The van der Waals surface area contributed by atoms with E-state index in [0.717, 1.165) is 44.4 Å². The van der Waals surface area contributed by atoms with Crippen LogP contribution in [0.25, 0.3) is 0 Å². The Morgan fingerprint density at radius 2 is 2.04 bits per heavy atom. The third-order valence-electron chi connectivity index (χ3n) is 4.58. The molecule has 0 radical (unpaired) electrons. The molecule has 140 valence electrons. The number of guanidine groups is 1. The van der Waals surface area contributed by atoms with E-state index in [0.29, 0.717) is 18.2 Å². The topological polar surface area (TPSA) is 48.9 Å². The van der Waals surface area contributed by atoms with Crippen molar-refractivity contribution in [1.82, 2.24) is 15.5 Å². The van der Waals surface area contributed by atoms with Gasteiger partial charge < -0.3 is 15.4 Å². The van der Waals surface area contributed by atoms with Gasteiger partial charge in [0.05, 0.1) is 25.8 Å². The van der Waals surface area contributed by atoms with Crippen molar-refractivity contribution in [3.63, 3.8) is 0 Å². The first-order chi connectivity index (χ1) is 12.0. The molecule has 1 aliphatic rings. The number of ether oxygens (including phenoxy) is 1. The van der Waals surface area contributed by atoms with Crippen molar-refractivity contribution in [2.75, 3.05) is 39.4 Å². The van der Waals surface area contributed by atoms with Crippen LogP contribution in [0.4, 0.5) is 4.39 Å². The number of morpholine rings is 1. The number of nitrogens with zero attached hydrogens (tertiary/aromatic N) is 2. The Labute approximate surface area is 150 Å². The van der Waals surface area contributed by atoms with Gasteiger partial charge in [0.1, 0.15) is 5.82 Å². The van der Waals surface area contributed by atoms with Gasteiger partial charge in [-0.15, -0.1) is 0 Å². The minimum Gasteiger partial charge on any atom is -0.379 e. The lowest BCUT2D eigenvalue weighted by Crippen LogP contribution is -2.44. The average molecular weight is 350 g/mol. The molecule has 0 amide bonds. The maximum absolute atomic E-state index is 13.8. The van der Waals surface area contributed by atoms with Crippen LogP contribution in [0.3, 0.4) is 0 Å². The highest BCUT2D eigenvalue weighted by molar-refractivity contribution is 5.80. The van der Waals surface area contributed by atoms with Crippen LogP contribution in [0.2, 0.25) is 0 Å². The van der Waals surface area contributed by atoms with Crippen LogP contribution in [0.5, 0.6) is 0 Å². The summed E-state index contributed by atoms with van der Waals surface area (Å²) in [6, 6.07) is 5.70. The van der Waals surface area contributed by atoms with Crippen LogP contribution >= 0.6 is 0 Å². The van der Waals surface area contributed by atoms with Gasteiger partial charge in [0.25, 0.3) is 0 Å². The first-order valence-corrected chi connectivity index (χ1v) is 9.14. The number of hydrogen-bond acceptors (Lipinski definition) is 3. The standard InChI is InChI=1S/C19H31FN4O/c1-5-21-19(22-13-15(3)24-8-10-25-11-9-24)23-16(4)17-7-6-14(2)18(20)12-17/h6-7,12,15-16H,5,8-11,13H2,1-4H3,(H2,21,22,23). The average Bonchev–Trinajstić information content (AvgIpc) is 2.62. The molecular formula is C19H31FN4O. The molecule has 1 fully saturated rings. The summed E-state index contributed by atoms with van der Waals surface area (Å²) in [5.41, 5.74) is 1.57. The molecule has 2 unspecified atom stereocenters. The van der Waals surface area contributed by atoms with E-state index in [2.05, 4.69) is 22.5 Å². The van der Waals surface area contributed by atoms with Crippen molar-refractivity contribution in [3.8, 4) is 0 Å². The molecule has 5 nitrogen and oxygen atoms in total. The van der Waals surface area contributed by atoms with Crippen LogP contribution in [0, 0.1) is 12.7 Å². The molecule has 1 aromatic rings. The molecule has 0 spiro atoms. The quantitative estimate of drug-likeness (QED) is 0.611. The van der Waals surface area contributed by atoms with E-state index in [9.17, 15) is 4.39 Å². The number of rotatable bonds is 6. The number of benzene rings is 1. The van der Waals surface area contributed by atoms with Crippen LogP contribution in [-0.4, -0.2) is 56.3 Å². The van der Waals surface area contributed by atoms with Crippen LogP contribution < -0.4 is 10.6 Å². The number of nitrogens with one attached hydrogen (secondary N) is 2. The van der Waals surface area contributed by atoms with Gasteiger partial charge in [0.15, 0.2) is 5.96 Å². The molecule has 0 aliphatic carbocycles. The number of aryl methyl sites for hydroxylation is 1. The Balaban J connectivity index is 1.97. The summed E-state index contributed by atoms with van der Waals surface area (Å²) < 4.78 is 19.2. The monoisotopic (exact) mass is 350 g/mol. The van der Waals surface area contributed by atoms with Gasteiger partial charge >= 0.3 is 0 Å². The van der Waals surface area contributed by atoms with Crippen molar-refractivity contribution in [1.29, 1.82) is 0 Å². The number of halogens is 1. The van der Waals surface area contributed by atoms with E-state index >= 15 is 0 Å². The van der Waals surface area contributed by atoms with Crippen LogP contribution in [0.15, 0.2) is 23.2 Å². The van der Waals surface area contributed by atoms with Crippen molar-refractivity contribution in [2.45, 2.75) is 39.8 Å². The zero-order valence-electron chi connectivity index (χ0n) is 15.8. The highest BCUT2D eigenvalue weighted by Crippen LogP contribution is 2.16. The largest absolute Gasteiger partial charge is 0.379 e. The lowest BCUT2D eigenvalue weighted by Gasteiger charge is -2.31. The molecule has 2 atom stereocenters. The molecule has 1 saturated heterocycles. The summed E-state index contributed by atoms with van der Waals surface area (Å²) >= 11 is 0. The molecule has 2 N–H and O–H groups in total. The second-order valence-electron chi connectivity index (χ2n) is 6.59. The maximum atomic E-state index is 13.8. The van der Waals surface area contributed by atoms with Gasteiger partial charge in [0.2, 0.25) is 0 Å². The fraction of sp³-hybridized carbons (Fsp3) is 0.632. The van der Waals surface area contributed by atoms with Crippen molar-refractivity contribution in [3.05, 3.63) is 35.1 Å². The fourth-order valence-electron chi connectivity index (χ4n) is 2.84. The molecule has 25 heavy (non-hydrogen) atoms. The van der Waals surface area contributed by atoms with Gasteiger partial charge in [-0.1, -0.05) is 12.1 Å². The van der Waals surface area contributed by atoms with Crippen molar-refractivity contribution >= 4 is 5.96 Å². The first-order valence-electron chi connectivity index (χ1n) is 9.14. The Morgan fingerprint density at radius 1 is 1.32 bits per heavy atom. The van der Waals surface area contributed by atoms with E-state index < -0.39 is 0 Å². The molecule has 2 rings (SSSR count). The summed E-state index contributed by atoms with van der Waals surface area (Å²) in [4.78, 5) is 7.11. The van der Waals surface area contributed by atoms with Crippen LogP contribution in [0.1, 0.15) is 37.9 Å². The highest BCUT2D eigenvalue weighted by atomic mass is 19.1. The van der Waals surface area contributed by atoms with E-state index in [4.69, 9.17) is 9.73 Å². The molecule has 0 bridgehead atoms. The smallest absolute Gasteiger partial charge is 0.191 e. The Kier molecular flexibility index (Phi) is 7.65. The summed E-state index contributed by atoms with van der Waals surface area (Å²) in [5, 5.41) is 6.64. The van der Waals surface area contributed by atoms with E-state index in [-0.39, 0.29) is 11.9 Å². The zero-order valence-corrected chi connectivity index (χ0v) is 15.8. The normalized spacial score (nSPS) is 18.7. The molecule has 0 aromatic heterocycles. The first kappa shape index (κ1) is 19.7. The minimum absolute atomic E-state index is 0.0217. The molecule has 1 aliphatic heterocycles. The summed E-state index contributed by atoms with van der Waals surface area (Å²) in [6.45, 7) is 13.0. The summed E-state index contributed by atoms with van der Waals surface area (Å²) in [7, 11) is 0. The highest BCUT2D eigenvalue weighted by Gasteiger charge is 2.17. The van der Waals surface area contributed by atoms with Crippen molar-refractivity contribution < 1.29 is 9.13 Å². The summed E-state index contributed by atoms with van der Waals surface area (Å²) in [6.07, 6.45) is 0. The van der Waals surface area contributed by atoms with Gasteiger partial charge in [-0.25, -0.2) is 4.39 Å². The fourth-order valence-corrected chi connectivity index (χ4v) is 2.84. The third kappa shape index (κ3) is 5.97. The SMILES string of the molecule is CCNC(=NCC(C)N1CCOCC1)NC(C)c1ccc(C)c(F)c1. The molecule has 6 heteroatoms. The zero-order chi connectivity index (χ0) is 18.2. The van der Waals surface area contributed by atoms with E-state index in [1.54, 1.807) is 13.0 Å². The number of hydrogen-bond donors (Lipinski definition) is 2. The van der Waals surface area contributed by atoms with E-state index in [1.165, 1.54) is 0 Å². The van der Waals surface area contributed by atoms with Gasteiger partial charge in [-0.05, 0) is 44.9 Å². The van der Waals surface area contributed by atoms with E-state index in [1.807, 2.05) is 26.0 Å². The lowest BCUT2D eigenvalue weighted by molar-refractivity contribution is 0.0220. The van der Waals surface area contributed by atoms with Gasteiger partial charge in [-0.2, -0.15) is 0 Å². The maximum Gasteiger partial charge on any atom is 0.191 e. The second kappa shape index (κ2) is 9.73. The summed E-state index contributed by atoms with van der Waals surface area (Å²) in [5.74, 6) is 0.588. The molecule has 1 aromatic carbocycles. The minimum atomic E-state index is -0.172. The predicted molar refractivity (Wildman–Crippen MR) is 101 cm³/mol. The molecule has 1 heterocycles. The Morgan fingerprint density at radius 3 is 2.68 bits per heavy atom.